The van der Waals surface area contributed by atoms with Crippen molar-refractivity contribution < 1.29 is 14.3 Å². The molecule has 1 fully saturated rings. The smallest absolute Gasteiger partial charge is 0.253 e. The molecule has 0 aliphatic carbocycles. The molecule has 0 saturated carbocycles. The number of ether oxygens (including phenoxy) is 1. The van der Waals surface area contributed by atoms with E-state index >= 15 is 0 Å². The summed E-state index contributed by atoms with van der Waals surface area (Å²) in [7, 11) is 3.32. The molecule has 1 N–H and O–H groups in total. The molecular formula is C28H30N2O3. The number of carbonyl (C=O) groups is 2. The first-order chi connectivity index (χ1) is 16.1. The predicted octanol–water partition coefficient (Wildman–Crippen LogP) is 4.32. The Morgan fingerprint density at radius 2 is 1.67 bits per heavy atom. The van der Waals surface area contributed by atoms with E-state index in [1.54, 1.807) is 14.2 Å². The Kier molecular flexibility index (Phi) is 6.90. The molecule has 0 spiro atoms. The number of benzene rings is 3. The van der Waals surface area contributed by atoms with Gasteiger partial charge in [-0.25, -0.2) is 0 Å². The number of carbonyl (C=O) groups excluding carboxylic acids is 2. The first kappa shape index (κ1) is 22.7. The van der Waals surface area contributed by atoms with Crippen LogP contribution in [0.15, 0.2) is 78.9 Å². The van der Waals surface area contributed by atoms with Gasteiger partial charge in [0, 0.05) is 32.8 Å². The van der Waals surface area contributed by atoms with Crippen molar-refractivity contribution in [3.63, 3.8) is 0 Å². The number of rotatable bonds is 7. The Hall–Kier alpha value is -3.44. The summed E-state index contributed by atoms with van der Waals surface area (Å²) in [4.78, 5) is 28.2. The molecule has 1 aliphatic heterocycles. The molecule has 1 aliphatic rings. The fourth-order valence-corrected chi connectivity index (χ4v) is 4.75. The molecule has 0 radical (unpaired) electrons. The van der Waals surface area contributed by atoms with Crippen molar-refractivity contribution in [1.82, 2.24) is 10.2 Å². The van der Waals surface area contributed by atoms with E-state index in [9.17, 15) is 9.59 Å². The maximum atomic E-state index is 13.2. The van der Waals surface area contributed by atoms with Crippen molar-refractivity contribution >= 4 is 11.8 Å². The summed E-state index contributed by atoms with van der Waals surface area (Å²) in [6.07, 6.45) is 1.21. The van der Waals surface area contributed by atoms with Gasteiger partial charge in [0.2, 0.25) is 5.91 Å². The SMILES string of the molecule is CNC(=O)[C@@]1(Cc2ccccc2-c2ccccc2)CCN(C(=O)c2ccc(COC)cc2)C1. The quantitative estimate of drug-likeness (QED) is 0.593. The topological polar surface area (TPSA) is 58.6 Å². The molecule has 1 saturated heterocycles. The van der Waals surface area contributed by atoms with E-state index in [-0.39, 0.29) is 11.8 Å². The van der Waals surface area contributed by atoms with Crippen LogP contribution in [0.5, 0.6) is 0 Å². The van der Waals surface area contributed by atoms with E-state index in [0.29, 0.717) is 38.1 Å². The van der Waals surface area contributed by atoms with Gasteiger partial charge in [0.25, 0.3) is 5.91 Å². The average molecular weight is 443 g/mol. The van der Waals surface area contributed by atoms with E-state index < -0.39 is 5.41 Å². The van der Waals surface area contributed by atoms with Crippen LogP contribution in [0, 0.1) is 5.41 Å². The molecule has 0 unspecified atom stereocenters. The summed E-state index contributed by atoms with van der Waals surface area (Å²) >= 11 is 0. The van der Waals surface area contributed by atoms with Crippen LogP contribution in [0.2, 0.25) is 0 Å². The third-order valence-electron chi connectivity index (χ3n) is 6.49. The first-order valence-electron chi connectivity index (χ1n) is 11.3. The lowest BCUT2D eigenvalue weighted by Gasteiger charge is -2.28. The van der Waals surface area contributed by atoms with Crippen LogP contribution in [0.1, 0.15) is 27.9 Å². The second kappa shape index (κ2) is 10.0. The molecule has 5 heteroatoms. The van der Waals surface area contributed by atoms with Gasteiger partial charge < -0.3 is 15.0 Å². The van der Waals surface area contributed by atoms with Crippen molar-refractivity contribution in [2.75, 3.05) is 27.2 Å². The predicted molar refractivity (Wildman–Crippen MR) is 130 cm³/mol. The zero-order valence-corrected chi connectivity index (χ0v) is 19.2. The second-order valence-corrected chi connectivity index (χ2v) is 8.67. The highest BCUT2D eigenvalue weighted by molar-refractivity contribution is 5.95. The molecule has 3 aromatic rings. The number of amides is 2. The summed E-state index contributed by atoms with van der Waals surface area (Å²) in [5.74, 6) is -0.0582. The maximum absolute atomic E-state index is 13.2. The Morgan fingerprint density at radius 3 is 2.36 bits per heavy atom. The lowest BCUT2D eigenvalue weighted by Crippen LogP contribution is -2.44. The van der Waals surface area contributed by atoms with Crippen molar-refractivity contribution in [3.05, 3.63) is 95.6 Å². The molecule has 33 heavy (non-hydrogen) atoms. The van der Waals surface area contributed by atoms with E-state index in [1.807, 2.05) is 59.5 Å². The summed E-state index contributed by atoms with van der Waals surface area (Å²) in [6.45, 7) is 1.47. The van der Waals surface area contributed by atoms with E-state index in [0.717, 1.165) is 22.3 Å². The number of hydrogen-bond donors (Lipinski definition) is 1. The minimum atomic E-state index is -0.661. The van der Waals surface area contributed by atoms with E-state index in [1.165, 1.54) is 0 Å². The molecular weight excluding hydrogens is 412 g/mol. The Morgan fingerprint density at radius 1 is 0.970 bits per heavy atom. The molecule has 0 aromatic heterocycles. The van der Waals surface area contributed by atoms with Gasteiger partial charge >= 0.3 is 0 Å². The zero-order chi connectivity index (χ0) is 23.3. The van der Waals surface area contributed by atoms with Gasteiger partial charge in [-0.2, -0.15) is 0 Å². The van der Waals surface area contributed by atoms with Crippen LogP contribution in [0.3, 0.4) is 0 Å². The first-order valence-corrected chi connectivity index (χ1v) is 11.3. The highest BCUT2D eigenvalue weighted by Crippen LogP contribution is 2.38. The lowest BCUT2D eigenvalue weighted by molar-refractivity contribution is -0.129. The monoisotopic (exact) mass is 442 g/mol. The standard InChI is InChI=1S/C28H30N2O3/c1-29-27(32)28(18-24-10-6-7-11-25(24)22-8-4-3-5-9-22)16-17-30(20-28)26(31)23-14-12-21(13-15-23)19-33-2/h3-15H,16-20H2,1-2H3,(H,29,32)/t28-/m1/s1. The minimum absolute atomic E-state index is 0.0175. The van der Waals surface area contributed by atoms with Crippen molar-refractivity contribution in [1.29, 1.82) is 0 Å². The lowest BCUT2D eigenvalue weighted by atomic mass is 9.78. The van der Waals surface area contributed by atoms with Crippen molar-refractivity contribution in [3.8, 4) is 11.1 Å². The normalized spacial score (nSPS) is 17.7. The fraction of sp³-hybridized carbons (Fsp3) is 0.286. The van der Waals surface area contributed by atoms with Crippen LogP contribution in [-0.2, 0) is 22.6 Å². The van der Waals surface area contributed by atoms with Gasteiger partial charge in [-0.15, -0.1) is 0 Å². The second-order valence-electron chi connectivity index (χ2n) is 8.67. The van der Waals surface area contributed by atoms with Crippen LogP contribution in [0.4, 0.5) is 0 Å². The van der Waals surface area contributed by atoms with Crippen LogP contribution >= 0.6 is 0 Å². The van der Waals surface area contributed by atoms with Gasteiger partial charge in [-0.05, 0) is 47.2 Å². The van der Waals surface area contributed by atoms with Crippen molar-refractivity contribution in [2.24, 2.45) is 5.41 Å². The summed E-state index contributed by atoms with van der Waals surface area (Å²) in [6, 6.07) is 25.9. The minimum Gasteiger partial charge on any atom is -0.380 e. The van der Waals surface area contributed by atoms with Crippen molar-refractivity contribution in [2.45, 2.75) is 19.4 Å². The van der Waals surface area contributed by atoms with Crippen LogP contribution < -0.4 is 5.32 Å². The molecule has 2 amide bonds. The molecule has 4 rings (SSSR count). The Balaban J connectivity index is 1.59. The van der Waals surface area contributed by atoms with Crippen LogP contribution in [0.25, 0.3) is 11.1 Å². The highest BCUT2D eigenvalue weighted by atomic mass is 16.5. The molecule has 1 atom stereocenters. The summed E-state index contributed by atoms with van der Waals surface area (Å²) in [5, 5.41) is 2.86. The van der Waals surface area contributed by atoms with Gasteiger partial charge in [-0.3, -0.25) is 9.59 Å². The maximum Gasteiger partial charge on any atom is 0.253 e. The van der Waals surface area contributed by atoms with Gasteiger partial charge in [0.05, 0.1) is 12.0 Å². The molecule has 170 valence electrons. The number of nitrogens with one attached hydrogen (secondary N) is 1. The molecule has 1 heterocycles. The van der Waals surface area contributed by atoms with Crippen LogP contribution in [-0.4, -0.2) is 44.0 Å². The number of hydrogen-bond acceptors (Lipinski definition) is 3. The molecule has 5 nitrogen and oxygen atoms in total. The van der Waals surface area contributed by atoms with Gasteiger partial charge in [0.15, 0.2) is 0 Å². The number of methoxy groups -OCH3 is 1. The third-order valence-corrected chi connectivity index (χ3v) is 6.49. The molecule has 0 bridgehead atoms. The Bertz CT molecular complexity index is 1110. The van der Waals surface area contributed by atoms with Gasteiger partial charge in [0.1, 0.15) is 0 Å². The number of likely N-dealkylation sites (tertiary alicyclic amines) is 1. The van der Waals surface area contributed by atoms with E-state index in [2.05, 4.69) is 29.6 Å². The highest BCUT2D eigenvalue weighted by Gasteiger charge is 2.46. The zero-order valence-electron chi connectivity index (χ0n) is 19.2. The third kappa shape index (κ3) is 4.83. The summed E-state index contributed by atoms with van der Waals surface area (Å²) in [5.41, 5.74) is 4.36. The van der Waals surface area contributed by atoms with Gasteiger partial charge in [-0.1, -0.05) is 66.7 Å². The largest absolute Gasteiger partial charge is 0.380 e. The average Bonchev–Trinajstić information content (AvgIpc) is 3.30. The Labute approximate surface area is 195 Å². The fourth-order valence-electron chi connectivity index (χ4n) is 4.75. The van der Waals surface area contributed by atoms with E-state index in [4.69, 9.17) is 4.74 Å². The number of nitrogens with zero attached hydrogens (tertiary/aromatic N) is 1. The molecule has 3 aromatic carbocycles. The summed E-state index contributed by atoms with van der Waals surface area (Å²) < 4.78 is 5.15.